The standard InChI is InChI=1S/C54H35NO/c1-2-10-36(11-3-1)37-18-20-38(21-19-37)39-24-28-44(29-25-39)55(45-30-32-47-42(34-45)23-22-40-12-4-6-14-46(40)47)52-17-9-8-15-48(52)43-27-33-53-51(35-43)50-31-26-41-13-5-7-16-49(41)54(50)56-53/h1-35H. The molecule has 2 nitrogen and oxygen atoms in total. The van der Waals surface area contributed by atoms with E-state index in [1.807, 2.05) is 0 Å². The Morgan fingerprint density at radius 2 is 0.839 bits per heavy atom. The molecule has 0 spiro atoms. The lowest BCUT2D eigenvalue weighted by Gasteiger charge is -2.28. The smallest absolute Gasteiger partial charge is 0.143 e. The molecule has 2 heteroatoms. The summed E-state index contributed by atoms with van der Waals surface area (Å²) in [5, 5.41) is 9.52. The third kappa shape index (κ3) is 5.42. The zero-order valence-electron chi connectivity index (χ0n) is 30.6. The molecule has 0 N–H and O–H groups in total. The van der Waals surface area contributed by atoms with Gasteiger partial charge in [-0.3, -0.25) is 0 Å². The highest BCUT2D eigenvalue weighted by atomic mass is 16.3. The lowest BCUT2D eigenvalue weighted by molar-refractivity contribution is 0.672. The molecule has 11 aromatic rings. The molecule has 0 amide bonds. The summed E-state index contributed by atoms with van der Waals surface area (Å²) in [7, 11) is 0. The average molecular weight is 714 g/mol. The van der Waals surface area contributed by atoms with Gasteiger partial charge in [0.25, 0.3) is 0 Å². The summed E-state index contributed by atoms with van der Waals surface area (Å²) in [5.41, 5.74) is 12.2. The summed E-state index contributed by atoms with van der Waals surface area (Å²) >= 11 is 0. The molecule has 0 fully saturated rings. The lowest BCUT2D eigenvalue weighted by atomic mass is 9.97. The van der Waals surface area contributed by atoms with Crippen LogP contribution in [-0.2, 0) is 0 Å². The summed E-state index contributed by atoms with van der Waals surface area (Å²) < 4.78 is 6.51. The Morgan fingerprint density at radius 1 is 0.304 bits per heavy atom. The second-order valence-electron chi connectivity index (χ2n) is 14.5. The molecule has 0 bridgehead atoms. The Bertz CT molecular complexity index is 3230. The van der Waals surface area contributed by atoms with Gasteiger partial charge in [0.2, 0.25) is 0 Å². The Kier molecular flexibility index (Phi) is 7.53. The van der Waals surface area contributed by atoms with Crippen LogP contribution in [0.15, 0.2) is 217 Å². The molecule has 0 radical (unpaired) electrons. The van der Waals surface area contributed by atoms with Gasteiger partial charge in [0.1, 0.15) is 11.2 Å². The first kappa shape index (κ1) is 32.0. The molecule has 11 rings (SSSR count). The van der Waals surface area contributed by atoms with Crippen LogP contribution in [0.1, 0.15) is 0 Å². The maximum absolute atomic E-state index is 6.51. The Hall–Kier alpha value is -7.42. The fraction of sp³-hybridized carbons (Fsp3) is 0. The van der Waals surface area contributed by atoms with Crippen molar-refractivity contribution in [2.75, 3.05) is 4.90 Å². The van der Waals surface area contributed by atoms with Crippen molar-refractivity contribution < 1.29 is 4.42 Å². The van der Waals surface area contributed by atoms with Gasteiger partial charge >= 0.3 is 0 Å². The normalized spacial score (nSPS) is 11.6. The van der Waals surface area contributed by atoms with Crippen molar-refractivity contribution in [3.05, 3.63) is 212 Å². The van der Waals surface area contributed by atoms with Crippen LogP contribution in [0.5, 0.6) is 0 Å². The Morgan fingerprint density at radius 3 is 1.62 bits per heavy atom. The topological polar surface area (TPSA) is 16.4 Å². The monoisotopic (exact) mass is 713 g/mol. The highest BCUT2D eigenvalue weighted by Gasteiger charge is 2.19. The molecule has 262 valence electrons. The third-order valence-corrected chi connectivity index (χ3v) is 11.3. The fourth-order valence-corrected chi connectivity index (χ4v) is 8.44. The summed E-state index contributed by atoms with van der Waals surface area (Å²) in [4.78, 5) is 2.40. The van der Waals surface area contributed by atoms with Gasteiger partial charge < -0.3 is 9.32 Å². The molecule has 1 aromatic heterocycles. The van der Waals surface area contributed by atoms with Crippen molar-refractivity contribution in [2.24, 2.45) is 0 Å². The van der Waals surface area contributed by atoms with E-state index in [0.717, 1.165) is 55.5 Å². The van der Waals surface area contributed by atoms with E-state index in [-0.39, 0.29) is 0 Å². The number of para-hydroxylation sites is 1. The fourth-order valence-electron chi connectivity index (χ4n) is 8.44. The van der Waals surface area contributed by atoms with Crippen LogP contribution in [-0.4, -0.2) is 0 Å². The van der Waals surface area contributed by atoms with Crippen LogP contribution in [0.3, 0.4) is 0 Å². The molecule has 0 saturated carbocycles. The number of furan rings is 1. The van der Waals surface area contributed by atoms with E-state index < -0.39 is 0 Å². The summed E-state index contributed by atoms with van der Waals surface area (Å²) in [6, 6.07) is 76.5. The van der Waals surface area contributed by atoms with Crippen molar-refractivity contribution in [3.63, 3.8) is 0 Å². The van der Waals surface area contributed by atoms with Gasteiger partial charge in [0, 0.05) is 33.1 Å². The predicted molar refractivity (Wildman–Crippen MR) is 237 cm³/mol. The SMILES string of the molecule is c1ccc(-c2ccc(-c3ccc(N(c4ccc5c(ccc6ccccc65)c4)c4ccccc4-c4ccc5oc6c7ccccc7ccc6c5c4)cc3)cc2)cc1. The van der Waals surface area contributed by atoms with E-state index in [1.54, 1.807) is 0 Å². The van der Waals surface area contributed by atoms with Crippen LogP contribution in [0.4, 0.5) is 17.1 Å². The molecule has 0 unspecified atom stereocenters. The molecule has 0 aliphatic rings. The predicted octanol–water partition coefficient (Wildman–Crippen LogP) is 15.5. The molecule has 0 aliphatic carbocycles. The number of benzene rings is 10. The maximum Gasteiger partial charge on any atom is 0.143 e. The van der Waals surface area contributed by atoms with Gasteiger partial charge in [-0.1, -0.05) is 164 Å². The highest BCUT2D eigenvalue weighted by molar-refractivity contribution is 6.16. The number of hydrogen-bond donors (Lipinski definition) is 0. The molecule has 56 heavy (non-hydrogen) atoms. The Balaban J connectivity index is 1.05. The third-order valence-electron chi connectivity index (χ3n) is 11.3. The maximum atomic E-state index is 6.51. The second kappa shape index (κ2) is 13.2. The first-order valence-electron chi connectivity index (χ1n) is 19.2. The van der Waals surface area contributed by atoms with Gasteiger partial charge in [0.05, 0.1) is 5.69 Å². The zero-order chi connectivity index (χ0) is 37.0. The van der Waals surface area contributed by atoms with Crippen LogP contribution in [0.2, 0.25) is 0 Å². The van der Waals surface area contributed by atoms with Crippen molar-refractivity contribution >= 4 is 71.3 Å². The molecule has 10 aromatic carbocycles. The second-order valence-corrected chi connectivity index (χ2v) is 14.5. The minimum Gasteiger partial charge on any atom is -0.455 e. The molecular formula is C54H35NO. The molecule has 0 atom stereocenters. The minimum atomic E-state index is 0.892. The first-order chi connectivity index (χ1) is 27.7. The van der Waals surface area contributed by atoms with Crippen LogP contribution >= 0.6 is 0 Å². The quantitative estimate of drug-likeness (QED) is 0.160. The van der Waals surface area contributed by atoms with Crippen molar-refractivity contribution in [3.8, 4) is 33.4 Å². The molecule has 1 heterocycles. The van der Waals surface area contributed by atoms with E-state index in [1.165, 1.54) is 49.2 Å². The number of anilines is 3. The summed E-state index contributed by atoms with van der Waals surface area (Å²) in [5.74, 6) is 0. The summed E-state index contributed by atoms with van der Waals surface area (Å²) in [6.45, 7) is 0. The van der Waals surface area contributed by atoms with Crippen molar-refractivity contribution in [1.82, 2.24) is 0 Å². The van der Waals surface area contributed by atoms with Crippen LogP contribution in [0.25, 0.3) is 87.6 Å². The minimum absolute atomic E-state index is 0.892. The largest absolute Gasteiger partial charge is 0.455 e. The lowest BCUT2D eigenvalue weighted by Crippen LogP contribution is -2.11. The van der Waals surface area contributed by atoms with Crippen molar-refractivity contribution in [2.45, 2.75) is 0 Å². The first-order valence-corrected chi connectivity index (χ1v) is 19.2. The molecule has 0 aliphatic heterocycles. The van der Waals surface area contributed by atoms with Gasteiger partial charge in [-0.15, -0.1) is 0 Å². The Labute approximate surface area is 325 Å². The van der Waals surface area contributed by atoms with E-state index >= 15 is 0 Å². The van der Waals surface area contributed by atoms with E-state index in [9.17, 15) is 0 Å². The van der Waals surface area contributed by atoms with Gasteiger partial charge in [-0.05, 0) is 103 Å². The van der Waals surface area contributed by atoms with Gasteiger partial charge in [-0.2, -0.15) is 0 Å². The van der Waals surface area contributed by atoms with Crippen LogP contribution < -0.4 is 4.90 Å². The van der Waals surface area contributed by atoms with E-state index in [0.29, 0.717) is 0 Å². The molecule has 0 saturated heterocycles. The molecular weight excluding hydrogens is 679 g/mol. The van der Waals surface area contributed by atoms with Gasteiger partial charge in [-0.25, -0.2) is 0 Å². The average Bonchev–Trinajstić information content (AvgIpc) is 3.66. The zero-order valence-corrected chi connectivity index (χ0v) is 30.6. The van der Waals surface area contributed by atoms with Crippen molar-refractivity contribution in [1.29, 1.82) is 0 Å². The van der Waals surface area contributed by atoms with Gasteiger partial charge in [0.15, 0.2) is 0 Å². The van der Waals surface area contributed by atoms with Crippen LogP contribution in [0, 0.1) is 0 Å². The number of nitrogens with zero attached hydrogens (tertiary/aromatic N) is 1. The highest BCUT2D eigenvalue weighted by Crippen LogP contribution is 2.44. The summed E-state index contributed by atoms with van der Waals surface area (Å²) in [6.07, 6.45) is 0. The van der Waals surface area contributed by atoms with E-state index in [2.05, 4.69) is 217 Å². The van der Waals surface area contributed by atoms with E-state index in [4.69, 9.17) is 4.42 Å². The number of fused-ring (bicyclic) bond motifs is 8. The number of hydrogen-bond acceptors (Lipinski definition) is 2. The number of rotatable bonds is 6.